The van der Waals surface area contributed by atoms with Gasteiger partial charge < -0.3 is 10.6 Å². The van der Waals surface area contributed by atoms with Gasteiger partial charge in [0.05, 0.1) is 5.56 Å². The summed E-state index contributed by atoms with van der Waals surface area (Å²) in [5.74, 6) is 2.24. The molecule has 4 heteroatoms. The van der Waals surface area contributed by atoms with E-state index in [1.165, 1.54) is 5.56 Å². The number of amides is 1. The predicted octanol–water partition coefficient (Wildman–Crippen LogP) is 3.05. The lowest BCUT2D eigenvalue weighted by atomic mass is 10.1. The van der Waals surface area contributed by atoms with Crippen LogP contribution in [0.4, 0.5) is 5.69 Å². The van der Waals surface area contributed by atoms with E-state index in [0.717, 1.165) is 42.1 Å². The largest absolute Gasteiger partial charge is 0.384 e. The van der Waals surface area contributed by atoms with Crippen molar-refractivity contribution in [1.82, 2.24) is 5.32 Å². The number of thioether (sulfide) groups is 1. The van der Waals surface area contributed by atoms with Crippen LogP contribution in [0.15, 0.2) is 18.2 Å². The zero-order valence-electron chi connectivity index (χ0n) is 11.7. The van der Waals surface area contributed by atoms with E-state index in [2.05, 4.69) is 17.6 Å². The highest BCUT2D eigenvalue weighted by Gasteiger charge is 2.19. The topological polar surface area (TPSA) is 41.1 Å². The second-order valence-corrected chi connectivity index (χ2v) is 6.16. The first-order chi connectivity index (χ1) is 9.20. The summed E-state index contributed by atoms with van der Waals surface area (Å²) >= 11 is 1.91. The third-order valence-electron chi connectivity index (χ3n) is 3.25. The molecule has 3 nitrogen and oxygen atoms in total. The Balaban J connectivity index is 2.10. The van der Waals surface area contributed by atoms with E-state index in [4.69, 9.17) is 0 Å². The monoisotopic (exact) mass is 278 g/mol. The lowest BCUT2D eigenvalue weighted by molar-refractivity contribution is 0.0942. The first-order valence-corrected chi connectivity index (χ1v) is 8.09. The van der Waals surface area contributed by atoms with Crippen LogP contribution in [-0.2, 0) is 0 Å². The van der Waals surface area contributed by atoms with E-state index in [-0.39, 0.29) is 5.91 Å². The fourth-order valence-corrected chi connectivity index (χ4v) is 3.33. The van der Waals surface area contributed by atoms with Crippen LogP contribution in [0.2, 0.25) is 0 Å². The van der Waals surface area contributed by atoms with Crippen LogP contribution in [-0.4, -0.2) is 30.0 Å². The smallest absolute Gasteiger partial charge is 0.253 e. The Morgan fingerprint density at radius 2 is 2.32 bits per heavy atom. The number of hydrogen-bond donors (Lipinski definition) is 2. The standard InChI is InChI=1S/C15H22N2OS/c1-3-7-16-14-9-11(2)4-5-13(14)15(18)17-12-6-8-19-10-12/h4-5,9,12,16H,3,6-8,10H2,1-2H3,(H,17,18). The summed E-state index contributed by atoms with van der Waals surface area (Å²) < 4.78 is 0. The van der Waals surface area contributed by atoms with Gasteiger partial charge in [0.2, 0.25) is 0 Å². The second kappa shape index (κ2) is 6.85. The quantitative estimate of drug-likeness (QED) is 0.870. The average molecular weight is 278 g/mol. The fraction of sp³-hybridized carbons (Fsp3) is 0.533. The minimum atomic E-state index is 0.0473. The molecule has 1 unspecified atom stereocenters. The Labute approximate surface area is 119 Å². The van der Waals surface area contributed by atoms with Gasteiger partial charge in [-0.15, -0.1) is 0 Å². The van der Waals surface area contributed by atoms with Crippen molar-refractivity contribution >= 4 is 23.4 Å². The zero-order chi connectivity index (χ0) is 13.7. The maximum Gasteiger partial charge on any atom is 0.253 e. The SMILES string of the molecule is CCCNc1cc(C)ccc1C(=O)NC1CCSC1. The number of carbonyl (C=O) groups is 1. The van der Waals surface area contributed by atoms with Gasteiger partial charge in [-0.25, -0.2) is 0 Å². The van der Waals surface area contributed by atoms with E-state index in [1.54, 1.807) is 0 Å². The Morgan fingerprint density at radius 1 is 1.47 bits per heavy atom. The molecule has 0 spiro atoms. The first-order valence-electron chi connectivity index (χ1n) is 6.94. The molecule has 0 aliphatic carbocycles. The highest BCUT2D eigenvalue weighted by atomic mass is 32.2. The van der Waals surface area contributed by atoms with E-state index in [0.29, 0.717) is 6.04 Å². The lowest BCUT2D eigenvalue weighted by Crippen LogP contribution is -2.35. The highest BCUT2D eigenvalue weighted by molar-refractivity contribution is 7.99. The molecule has 1 atom stereocenters. The molecule has 1 aromatic carbocycles. The molecule has 19 heavy (non-hydrogen) atoms. The number of carbonyl (C=O) groups excluding carboxylic acids is 1. The molecule has 0 radical (unpaired) electrons. The van der Waals surface area contributed by atoms with E-state index < -0.39 is 0 Å². The van der Waals surface area contributed by atoms with Crippen molar-refractivity contribution in [1.29, 1.82) is 0 Å². The Morgan fingerprint density at radius 3 is 3.00 bits per heavy atom. The van der Waals surface area contributed by atoms with Gasteiger partial charge >= 0.3 is 0 Å². The van der Waals surface area contributed by atoms with Crippen LogP contribution in [0, 0.1) is 6.92 Å². The normalized spacial score (nSPS) is 18.3. The molecular weight excluding hydrogens is 256 g/mol. The molecule has 1 heterocycles. The molecule has 0 saturated carbocycles. The number of anilines is 1. The number of hydrogen-bond acceptors (Lipinski definition) is 3. The third kappa shape index (κ3) is 3.90. The van der Waals surface area contributed by atoms with Crippen molar-refractivity contribution in [2.24, 2.45) is 0 Å². The van der Waals surface area contributed by atoms with Crippen molar-refractivity contribution in [2.45, 2.75) is 32.7 Å². The molecule has 1 fully saturated rings. The summed E-state index contributed by atoms with van der Waals surface area (Å²) in [6, 6.07) is 6.30. The van der Waals surface area contributed by atoms with Crippen LogP contribution in [0.3, 0.4) is 0 Å². The summed E-state index contributed by atoms with van der Waals surface area (Å²) in [4.78, 5) is 12.3. The van der Waals surface area contributed by atoms with Gasteiger partial charge in [-0.05, 0) is 43.2 Å². The molecule has 104 valence electrons. The van der Waals surface area contributed by atoms with Crippen LogP contribution in [0.1, 0.15) is 35.7 Å². The second-order valence-electron chi connectivity index (χ2n) is 5.01. The maximum absolute atomic E-state index is 12.3. The molecule has 1 amide bonds. The molecule has 2 rings (SSSR count). The van der Waals surface area contributed by atoms with Crippen LogP contribution < -0.4 is 10.6 Å². The first kappa shape index (κ1) is 14.3. The van der Waals surface area contributed by atoms with Crippen molar-refractivity contribution in [3.05, 3.63) is 29.3 Å². The molecule has 1 aliphatic rings. The van der Waals surface area contributed by atoms with Gasteiger partial charge in [0.1, 0.15) is 0 Å². The van der Waals surface area contributed by atoms with Gasteiger partial charge in [0, 0.05) is 24.0 Å². The molecule has 0 aromatic heterocycles. The van der Waals surface area contributed by atoms with Crippen molar-refractivity contribution in [3.63, 3.8) is 0 Å². The molecule has 1 aromatic rings. The van der Waals surface area contributed by atoms with Crippen molar-refractivity contribution < 1.29 is 4.79 Å². The summed E-state index contributed by atoms with van der Waals surface area (Å²) in [5.41, 5.74) is 2.88. The minimum Gasteiger partial charge on any atom is -0.384 e. The molecular formula is C15H22N2OS. The highest BCUT2D eigenvalue weighted by Crippen LogP contribution is 2.20. The van der Waals surface area contributed by atoms with E-state index in [1.807, 2.05) is 36.9 Å². The predicted molar refractivity (Wildman–Crippen MR) is 83.2 cm³/mol. The average Bonchev–Trinajstić information content (AvgIpc) is 2.89. The Hall–Kier alpha value is -1.16. The summed E-state index contributed by atoms with van der Waals surface area (Å²) in [5, 5.41) is 6.48. The van der Waals surface area contributed by atoms with Gasteiger partial charge in [-0.1, -0.05) is 13.0 Å². The van der Waals surface area contributed by atoms with Crippen LogP contribution in [0.5, 0.6) is 0 Å². The number of aryl methyl sites for hydroxylation is 1. The van der Waals surface area contributed by atoms with Gasteiger partial charge in [0.25, 0.3) is 5.91 Å². The summed E-state index contributed by atoms with van der Waals surface area (Å²) in [7, 11) is 0. The van der Waals surface area contributed by atoms with Gasteiger partial charge in [-0.2, -0.15) is 11.8 Å². The van der Waals surface area contributed by atoms with Gasteiger partial charge in [-0.3, -0.25) is 4.79 Å². The summed E-state index contributed by atoms with van der Waals surface area (Å²) in [6.45, 7) is 5.06. The fourth-order valence-electron chi connectivity index (χ4n) is 2.17. The molecule has 1 aliphatic heterocycles. The van der Waals surface area contributed by atoms with Crippen molar-refractivity contribution in [2.75, 3.05) is 23.4 Å². The number of benzene rings is 1. The maximum atomic E-state index is 12.3. The van der Waals surface area contributed by atoms with Crippen LogP contribution in [0.25, 0.3) is 0 Å². The molecule has 1 saturated heterocycles. The Bertz CT molecular complexity index is 442. The summed E-state index contributed by atoms with van der Waals surface area (Å²) in [6.07, 6.45) is 2.13. The molecule has 2 N–H and O–H groups in total. The van der Waals surface area contributed by atoms with E-state index >= 15 is 0 Å². The third-order valence-corrected chi connectivity index (χ3v) is 4.41. The number of rotatable bonds is 5. The Kier molecular flexibility index (Phi) is 5.14. The van der Waals surface area contributed by atoms with Gasteiger partial charge in [0.15, 0.2) is 0 Å². The minimum absolute atomic E-state index is 0.0473. The molecule has 0 bridgehead atoms. The zero-order valence-corrected chi connectivity index (χ0v) is 12.5. The lowest BCUT2D eigenvalue weighted by Gasteiger charge is -2.15. The van der Waals surface area contributed by atoms with Crippen molar-refractivity contribution in [3.8, 4) is 0 Å². The van der Waals surface area contributed by atoms with Crippen LogP contribution >= 0.6 is 11.8 Å². The number of nitrogens with one attached hydrogen (secondary N) is 2. The van der Waals surface area contributed by atoms with E-state index in [9.17, 15) is 4.79 Å².